The summed E-state index contributed by atoms with van der Waals surface area (Å²) >= 11 is 0. The van der Waals surface area contributed by atoms with Crippen LogP contribution in [0.15, 0.2) is 48.5 Å². The lowest BCUT2D eigenvalue weighted by molar-refractivity contribution is -0.166. The molecule has 0 radical (unpaired) electrons. The number of aryl methyl sites for hydroxylation is 4. The Balaban J connectivity index is 0.000000237. The highest BCUT2D eigenvalue weighted by atomic mass is 16.7. The minimum absolute atomic E-state index is 0.000627. The van der Waals surface area contributed by atoms with Crippen molar-refractivity contribution in [2.75, 3.05) is 25.6 Å². The van der Waals surface area contributed by atoms with Crippen molar-refractivity contribution in [3.63, 3.8) is 0 Å². The molecule has 5 heteroatoms. The van der Waals surface area contributed by atoms with Crippen molar-refractivity contribution in [2.45, 2.75) is 169 Å². The van der Waals surface area contributed by atoms with Gasteiger partial charge in [0.05, 0.1) is 7.11 Å². The number of nitrogens with zero attached hydrogens (tertiary/aromatic N) is 1. The van der Waals surface area contributed by atoms with E-state index >= 15 is 0 Å². The number of Topliss-reactive ketones (excluding diaryl/α,β-unsaturated/α-hetero) is 1. The molecule has 0 aromatic heterocycles. The molecule has 0 unspecified atom stereocenters. The van der Waals surface area contributed by atoms with Gasteiger partial charge in [-0.05, 0) is 92.8 Å². The van der Waals surface area contributed by atoms with Crippen molar-refractivity contribution >= 4 is 11.5 Å². The van der Waals surface area contributed by atoms with Gasteiger partial charge in [-0.1, -0.05) is 105 Å². The van der Waals surface area contributed by atoms with Crippen molar-refractivity contribution in [3.8, 4) is 17.2 Å². The maximum Gasteiger partial charge on any atom is 0.252 e. The monoisotopic (exact) mass is 726 g/mol. The quantitative estimate of drug-likeness (QED) is 0.138. The van der Waals surface area contributed by atoms with E-state index in [0.717, 1.165) is 55.2 Å². The molecule has 0 bridgehead atoms. The molecule has 2 aliphatic heterocycles. The highest BCUT2D eigenvalue weighted by Crippen LogP contribution is 2.54. The summed E-state index contributed by atoms with van der Waals surface area (Å²) in [6, 6.07) is 17.0. The van der Waals surface area contributed by atoms with Crippen LogP contribution in [0.25, 0.3) is 0 Å². The van der Waals surface area contributed by atoms with Gasteiger partial charge in [0.15, 0.2) is 0 Å². The maximum atomic E-state index is 12.1. The molecule has 0 saturated heterocycles. The third-order valence-corrected chi connectivity index (χ3v) is 11.7. The molecule has 5 rings (SSSR count). The summed E-state index contributed by atoms with van der Waals surface area (Å²) in [7, 11) is 3.71. The fourth-order valence-corrected chi connectivity index (χ4v) is 8.16. The molecule has 0 amide bonds. The lowest BCUT2D eigenvalue weighted by Crippen LogP contribution is -2.55. The summed E-state index contributed by atoms with van der Waals surface area (Å²) in [6.45, 7) is 21.0. The van der Waals surface area contributed by atoms with E-state index in [-0.39, 0.29) is 10.8 Å². The molecule has 5 nitrogen and oxygen atoms in total. The van der Waals surface area contributed by atoms with Gasteiger partial charge < -0.3 is 19.1 Å². The zero-order valence-corrected chi connectivity index (χ0v) is 35.3. The first-order valence-corrected chi connectivity index (χ1v) is 20.6. The number of carbonyl (C=O) groups is 1. The van der Waals surface area contributed by atoms with Crippen LogP contribution in [0.2, 0.25) is 0 Å². The summed E-state index contributed by atoms with van der Waals surface area (Å²) in [5.74, 6) is 2.61. The highest BCUT2D eigenvalue weighted by Gasteiger charge is 2.53. The normalized spacial score (nSPS) is 16.0. The minimum atomic E-state index is -0.615. The van der Waals surface area contributed by atoms with Gasteiger partial charge >= 0.3 is 0 Å². The van der Waals surface area contributed by atoms with E-state index in [1.807, 2.05) is 31.3 Å². The van der Waals surface area contributed by atoms with E-state index in [9.17, 15) is 4.79 Å². The second-order valence-corrected chi connectivity index (χ2v) is 17.4. The summed E-state index contributed by atoms with van der Waals surface area (Å²) < 4.78 is 18.5. The third-order valence-electron chi connectivity index (χ3n) is 11.7. The smallest absolute Gasteiger partial charge is 0.252 e. The van der Waals surface area contributed by atoms with Crippen LogP contribution in [0.1, 0.15) is 158 Å². The second-order valence-electron chi connectivity index (χ2n) is 17.4. The van der Waals surface area contributed by atoms with Crippen molar-refractivity contribution < 1.29 is 19.0 Å². The first kappa shape index (κ1) is 42.3. The number of fused-ring (bicyclic) bond motifs is 2. The fourth-order valence-electron chi connectivity index (χ4n) is 8.16. The van der Waals surface area contributed by atoms with E-state index < -0.39 is 5.79 Å². The van der Waals surface area contributed by atoms with Gasteiger partial charge in [0.1, 0.15) is 23.0 Å². The van der Waals surface area contributed by atoms with Crippen LogP contribution in [-0.4, -0.2) is 32.3 Å². The topological polar surface area (TPSA) is 48.0 Å². The molecule has 3 aromatic rings. The number of methoxy groups -OCH3 is 1. The fraction of sp³-hybridized carbons (Fsp3) is 0.604. The Morgan fingerprint density at radius 1 is 0.660 bits per heavy atom. The molecule has 292 valence electrons. The Bertz CT molecular complexity index is 1560. The Morgan fingerprint density at radius 2 is 1.09 bits per heavy atom. The standard InChI is InChI=1S/C25H32O2.C23H39NO2/c1-15-9-19-21(11-17(15)3)26-25(13-23(19,5)6)14-24(7,8)20-10-16(2)18(4)12-22(20)27-25;1-4-5-6-7-8-9-10-11-12-13-14-22(25)19-20-24(2)21-15-17-23(26-3)18-16-21/h9-12H,13-14H2,1-8H3;15-18H,4-14,19-20H2,1-3H3. The van der Waals surface area contributed by atoms with Crippen molar-refractivity contribution in [2.24, 2.45) is 0 Å². The third kappa shape index (κ3) is 11.5. The number of ketones is 1. The van der Waals surface area contributed by atoms with E-state index in [1.54, 1.807) is 7.11 Å². The molecule has 0 fully saturated rings. The number of benzene rings is 3. The van der Waals surface area contributed by atoms with Crippen LogP contribution in [0, 0.1) is 27.7 Å². The Hall–Kier alpha value is -3.47. The Morgan fingerprint density at radius 3 is 1.55 bits per heavy atom. The van der Waals surface area contributed by atoms with Gasteiger partial charge in [-0.3, -0.25) is 4.79 Å². The summed E-state index contributed by atoms with van der Waals surface area (Å²) in [5.41, 5.74) is 8.89. The average molecular weight is 726 g/mol. The van der Waals surface area contributed by atoms with E-state index in [0.29, 0.717) is 12.2 Å². The SMILES string of the molecule is CCCCCCCCCCCCC(=O)CCN(C)c1ccc(OC)cc1.Cc1cc2c(cc1C)C(C)(C)CC1(CC(C)(C)c3cc(C)c(C)cc3O1)O2. The second kappa shape index (κ2) is 18.7. The first-order chi connectivity index (χ1) is 25.1. The molecule has 0 saturated carbocycles. The average Bonchev–Trinajstić information content (AvgIpc) is 3.09. The van der Waals surface area contributed by atoms with Crippen LogP contribution in [0.4, 0.5) is 5.69 Å². The number of anilines is 1. The summed E-state index contributed by atoms with van der Waals surface area (Å²) in [6.07, 6.45) is 16.2. The molecule has 0 atom stereocenters. The lowest BCUT2D eigenvalue weighted by atomic mass is 9.68. The zero-order valence-electron chi connectivity index (χ0n) is 35.3. The number of hydrogen-bond donors (Lipinski definition) is 0. The molecule has 2 heterocycles. The molecule has 3 aromatic carbocycles. The molecule has 1 spiro atoms. The van der Waals surface area contributed by atoms with Crippen LogP contribution in [0.5, 0.6) is 17.2 Å². The highest BCUT2D eigenvalue weighted by molar-refractivity contribution is 5.78. The lowest BCUT2D eigenvalue weighted by Gasteiger charge is -2.51. The number of ether oxygens (including phenoxy) is 3. The predicted molar refractivity (Wildman–Crippen MR) is 223 cm³/mol. The molecule has 0 aliphatic carbocycles. The Labute approximate surface area is 323 Å². The zero-order chi connectivity index (χ0) is 38.8. The summed E-state index contributed by atoms with van der Waals surface area (Å²) in [5, 5.41) is 0. The Kier molecular flexibility index (Phi) is 14.9. The van der Waals surface area contributed by atoms with Gasteiger partial charge in [0.2, 0.25) is 0 Å². The van der Waals surface area contributed by atoms with E-state index in [1.165, 1.54) is 91.2 Å². The van der Waals surface area contributed by atoms with Crippen molar-refractivity contribution in [1.29, 1.82) is 0 Å². The van der Waals surface area contributed by atoms with Crippen molar-refractivity contribution in [3.05, 3.63) is 81.9 Å². The molecule has 2 aliphatic rings. The number of rotatable bonds is 16. The van der Waals surface area contributed by atoms with Gasteiger partial charge in [-0.25, -0.2) is 0 Å². The molecule has 53 heavy (non-hydrogen) atoms. The van der Waals surface area contributed by atoms with Gasteiger partial charge in [0.25, 0.3) is 5.79 Å². The predicted octanol–water partition coefficient (Wildman–Crippen LogP) is 12.8. The molecular formula is C48H71NO4. The number of hydrogen-bond acceptors (Lipinski definition) is 5. The number of unbranched alkanes of at least 4 members (excludes halogenated alkanes) is 9. The number of carbonyl (C=O) groups excluding carboxylic acids is 1. The van der Waals surface area contributed by atoms with Gasteiger partial charge in [-0.15, -0.1) is 0 Å². The van der Waals surface area contributed by atoms with Crippen LogP contribution in [0.3, 0.4) is 0 Å². The molecule has 0 N–H and O–H groups in total. The molecular weight excluding hydrogens is 655 g/mol. The first-order valence-electron chi connectivity index (χ1n) is 20.6. The minimum Gasteiger partial charge on any atom is -0.497 e. The largest absolute Gasteiger partial charge is 0.497 e. The maximum absolute atomic E-state index is 12.1. The van der Waals surface area contributed by atoms with Crippen LogP contribution in [-0.2, 0) is 15.6 Å². The van der Waals surface area contributed by atoms with E-state index in [2.05, 4.69) is 91.5 Å². The van der Waals surface area contributed by atoms with Crippen LogP contribution >= 0.6 is 0 Å². The van der Waals surface area contributed by atoms with E-state index in [4.69, 9.17) is 14.2 Å². The van der Waals surface area contributed by atoms with Crippen LogP contribution < -0.4 is 19.1 Å². The van der Waals surface area contributed by atoms with Crippen molar-refractivity contribution in [1.82, 2.24) is 0 Å². The van der Waals surface area contributed by atoms with Gasteiger partial charge in [-0.2, -0.15) is 0 Å². The summed E-state index contributed by atoms with van der Waals surface area (Å²) in [4.78, 5) is 14.2. The van der Waals surface area contributed by atoms with Gasteiger partial charge in [0, 0.05) is 66.9 Å².